The van der Waals surface area contributed by atoms with Crippen LogP contribution in [0.2, 0.25) is 0 Å². The second-order valence-corrected chi connectivity index (χ2v) is 3.11. The van der Waals surface area contributed by atoms with Crippen molar-refractivity contribution in [3.05, 3.63) is 0 Å². The molecular formula is C4H8OS2. The van der Waals surface area contributed by atoms with Gasteiger partial charge in [-0.2, -0.15) is 24.4 Å². The maximum Gasteiger partial charge on any atom is 0.121 e. The number of aldehydes is 1. The fourth-order valence-corrected chi connectivity index (χ4v) is 0.536. The summed E-state index contributed by atoms with van der Waals surface area (Å²) < 4.78 is 0.192. The van der Waals surface area contributed by atoms with E-state index in [1.807, 2.05) is 6.26 Å². The van der Waals surface area contributed by atoms with Gasteiger partial charge in [-0.15, -0.1) is 0 Å². The zero-order valence-corrected chi connectivity index (χ0v) is 5.84. The molecule has 0 amide bonds. The van der Waals surface area contributed by atoms with Crippen LogP contribution in [0.25, 0.3) is 0 Å². The molecule has 1 unspecified atom stereocenters. The molecule has 0 N–H and O–H groups in total. The van der Waals surface area contributed by atoms with E-state index in [0.717, 1.165) is 6.29 Å². The van der Waals surface area contributed by atoms with Gasteiger partial charge in [0.25, 0.3) is 0 Å². The average molecular weight is 136 g/mol. The Bertz CT molecular complexity index is 55.7. The SMILES string of the molecule is CSC(S)CC=O. The van der Waals surface area contributed by atoms with Crippen molar-refractivity contribution in [2.45, 2.75) is 11.0 Å². The molecule has 0 aliphatic carbocycles. The van der Waals surface area contributed by atoms with Gasteiger partial charge in [0.05, 0.1) is 4.58 Å². The fraction of sp³-hybridized carbons (Fsp3) is 0.750. The van der Waals surface area contributed by atoms with Crippen LogP contribution in [-0.4, -0.2) is 17.1 Å². The summed E-state index contributed by atoms with van der Waals surface area (Å²) in [6.07, 6.45) is 3.36. The minimum absolute atomic E-state index is 0.192. The Morgan fingerprint density at radius 1 is 2.00 bits per heavy atom. The standard InChI is InChI=1S/C4H8OS2/c1-7-4(6)2-3-5/h3-4,6H,2H2,1H3. The Morgan fingerprint density at radius 2 is 2.57 bits per heavy atom. The minimum Gasteiger partial charge on any atom is -0.303 e. The van der Waals surface area contributed by atoms with Crippen molar-refractivity contribution in [3.63, 3.8) is 0 Å². The molecule has 0 spiro atoms. The van der Waals surface area contributed by atoms with Crippen LogP contribution in [-0.2, 0) is 4.79 Å². The van der Waals surface area contributed by atoms with Crippen LogP contribution in [0.15, 0.2) is 0 Å². The highest BCUT2D eigenvalue weighted by molar-refractivity contribution is 8.09. The normalized spacial score (nSPS) is 13.4. The molecule has 0 bridgehead atoms. The van der Waals surface area contributed by atoms with Crippen LogP contribution in [0.3, 0.4) is 0 Å². The first-order valence-electron chi connectivity index (χ1n) is 1.95. The molecular weight excluding hydrogens is 128 g/mol. The summed E-state index contributed by atoms with van der Waals surface area (Å²) in [6.45, 7) is 0. The quantitative estimate of drug-likeness (QED) is 0.356. The topological polar surface area (TPSA) is 17.1 Å². The van der Waals surface area contributed by atoms with Gasteiger partial charge in [0.1, 0.15) is 6.29 Å². The lowest BCUT2D eigenvalue weighted by molar-refractivity contribution is -0.107. The average Bonchev–Trinajstić information content (AvgIpc) is 1.68. The van der Waals surface area contributed by atoms with Crippen molar-refractivity contribution in [2.24, 2.45) is 0 Å². The minimum atomic E-state index is 0.192. The largest absolute Gasteiger partial charge is 0.303 e. The highest BCUT2D eigenvalue weighted by Gasteiger charge is 1.94. The molecule has 0 heterocycles. The van der Waals surface area contributed by atoms with Gasteiger partial charge in [0.15, 0.2) is 0 Å². The summed E-state index contributed by atoms with van der Waals surface area (Å²) >= 11 is 5.62. The van der Waals surface area contributed by atoms with Crippen LogP contribution in [0.5, 0.6) is 0 Å². The monoisotopic (exact) mass is 136 g/mol. The molecule has 3 heteroatoms. The van der Waals surface area contributed by atoms with E-state index >= 15 is 0 Å². The van der Waals surface area contributed by atoms with Crippen molar-refractivity contribution in [1.82, 2.24) is 0 Å². The third kappa shape index (κ3) is 4.22. The van der Waals surface area contributed by atoms with Crippen LogP contribution in [0, 0.1) is 0 Å². The summed E-state index contributed by atoms with van der Waals surface area (Å²) in [5, 5.41) is 0. The van der Waals surface area contributed by atoms with Crippen LogP contribution in [0.4, 0.5) is 0 Å². The van der Waals surface area contributed by atoms with Crippen LogP contribution < -0.4 is 0 Å². The number of carbonyl (C=O) groups excluding carboxylic acids is 1. The predicted molar refractivity (Wildman–Crippen MR) is 37.0 cm³/mol. The van der Waals surface area contributed by atoms with Gasteiger partial charge < -0.3 is 4.79 Å². The van der Waals surface area contributed by atoms with Crippen molar-refractivity contribution in [3.8, 4) is 0 Å². The molecule has 0 radical (unpaired) electrons. The molecule has 0 fully saturated rings. The van der Waals surface area contributed by atoms with Gasteiger partial charge >= 0.3 is 0 Å². The molecule has 0 aromatic carbocycles. The van der Waals surface area contributed by atoms with Gasteiger partial charge in [-0.25, -0.2) is 0 Å². The summed E-state index contributed by atoms with van der Waals surface area (Å²) in [5.74, 6) is 0. The van der Waals surface area contributed by atoms with Gasteiger partial charge in [-0.3, -0.25) is 0 Å². The van der Waals surface area contributed by atoms with Gasteiger partial charge in [0.2, 0.25) is 0 Å². The van der Waals surface area contributed by atoms with Crippen LogP contribution >= 0.6 is 24.4 Å². The first-order chi connectivity index (χ1) is 3.31. The number of hydrogen-bond donors (Lipinski definition) is 1. The summed E-state index contributed by atoms with van der Waals surface area (Å²) in [6, 6.07) is 0. The van der Waals surface area contributed by atoms with E-state index in [-0.39, 0.29) is 4.58 Å². The van der Waals surface area contributed by atoms with Gasteiger partial charge in [-0.05, 0) is 6.26 Å². The lowest BCUT2D eigenvalue weighted by atomic mass is 10.6. The van der Waals surface area contributed by atoms with E-state index in [1.54, 1.807) is 11.8 Å². The molecule has 0 aromatic heterocycles. The molecule has 7 heavy (non-hydrogen) atoms. The summed E-state index contributed by atoms with van der Waals surface area (Å²) in [7, 11) is 0. The van der Waals surface area contributed by atoms with Gasteiger partial charge in [-0.1, -0.05) is 0 Å². The molecule has 0 saturated heterocycles. The summed E-state index contributed by atoms with van der Waals surface area (Å²) in [5.41, 5.74) is 0. The molecule has 42 valence electrons. The molecule has 1 atom stereocenters. The predicted octanol–water partition coefficient (Wildman–Crippen LogP) is 1.19. The maximum absolute atomic E-state index is 9.71. The van der Waals surface area contributed by atoms with Gasteiger partial charge in [0, 0.05) is 6.42 Å². The molecule has 1 nitrogen and oxygen atoms in total. The highest BCUT2D eigenvalue weighted by atomic mass is 32.2. The van der Waals surface area contributed by atoms with E-state index in [9.17, 15) is 4.79 Å². The smallest absolute Gasteiger partial charge is 0.121 e. The van der Waals surface area contributed by atoms with E-state index in [2.05, 4.69) is 12.6 Å². The van der Waals surface area contributed by atoms with E-state index < -0.39 is 0 Å². The zero-order chi connectivity index (χ0) is 5.70. The van der Waals surface area contributed by atoms with Crippen molar-refractivity contribution < 1.29 is 4.79 Å². The molecule has 0 saturated carbocycles. The Kier molecular flexibility index (Phi) is 4.77. The lowest BCUT2D eigenvalue weighted by Crippen LogP contribution is -1.89. The first kappa shape index (κ1) is 7.37. The Hall–Kier alpha value is 0.370. The number of rotatable bonds is 3. The van der Waals surface area contributed by atoms with E-state index in [4.69, 9.17) is 0 Å². The number of thioether (sulfide) groups is 1. The van der Waals surface area contributed by atoms with E-state index in [1.165, 1.54) is 0 Å². The number of hydrogen-bond acceptors (Lipinski definition) is 3. The Labute approximate surface area is 53.3 Å². The molecule has 0 aromatic rings. The second kappa shape index (κ2) is 4.53. The van der Waals surface area contributed by atoms with Crippen molar-refractivity contribution in [2.75, 3.05) is 6.26 Å². The first-order valence-corrected chi connectivity index (χ1v) is 3.76. The Balaban J connectivity index is 2.98. The second-order valence-electron chi connectivity index (χ2n) is 1.09. The highest BCUT2D eigenvalue weighted by Crippen LogP contribution is 2.11. The van der Waals surface area contributed by atoms with Crippen molar-refractivity contribution in [1.29, 1.82) is 0 Å². The lowest BCUT2D eigenvalue weighted by Gasteiger charge is -1.97. The molecule has 0 aliphatic heterocycles. The third-order valence-corrected chi connectivity index (χ3v) is 2.15. The van der Waals surface area contributed by atoms with E-state index in [0.29, 0.717) is 6.42 Å². The maximum atomic E-state index is 9.71. The number of thiol groups is 1. The van der Waals surface area contributed by atoms with Crippen LogP contribution in [0.1, 0.15) is 6.42 Å². The zero-order valence-electron chi connectivity index (χ0n) is 4.13. The Morgan fingerprint density at radius 3 is 2.71 bits per heavy atom. The number of carbonyl (C=O) groups is 1. The fourth-order valence-electron chi connectivity index (χ4n) is 0.179. The van der Waals surface area contributed by atoms with Crippen molar-refractivity contribution >= 4 is 30.7 Å². The molecule has 0 aliphatic rings. The summed E-state index contributed by atoms with van der Waals surface area (Å²) in [4.78, 5) is 9.71. The third-order valence-electron chi connectivity index (χ3n) is 0.570. The molecule has 0 rings (SSSR count).